The first-order valence-corrected chi connectivity index (χ1v) is 7.21. The zero-order valence-corrected chi connectivity index (χ0v) is 12.0. The van der Waals surface area contributed by atoms with Crippen molar-refractivity contribution in [1.29, 1.82) is 0 Å². The Labute approximate surface area is 123 Å². The second-order valence-corrected chi connectivity index (χ2v) is 5.90. The molecule has 0 amide bonds. The van der Waals surface area contributed by atoms with Crippen LogP contribution in [-0.2, 0) is 11.3 Å². The van der Waals surface area contributed by atoms with Crippen molar-refractivity contribution in [2.24, 2.45) is 11.8 Å². The van der Waals surface area contributed by atoms with Gasteiger partial charge in [-0.1, -0.05) is 37.3 Å². The lowest BCUT2D eigenvalue weighted by Crippen LogP contribution is -2.23. The third kappa shape index (κ3) is 2.59. The molecular weight excluding hydrogens is 266 g/mol. The molecule has 0 bridgehead atoms. The molecule has 1 heterocycles. The number of likely N-dealkylation sites (tertiary alicyclic amines) is 1. The largest absolute Gasteiger partial charge is 0.508 e. The number of carbonyl (C=O) groups is 1. The first kappa shape index (κ1) is 13.9. The predicted octanol–water partition coefficient (Wildman–Crippen LogP) is 2.70. The van der Waals surface area contributed by atoms with E-state index in [0.717, 1.165) is 22.9 Å². The lowest BCUT2D eigenvalue weighted by Gasteiger charge is -2.18. The fourth-order valence-corrected chi connectivity index (χ4v) is 3.23. The monoisotopic (exact) mass is 285 g/mol. The van der Waals surface area contributed by atoms with Crippen LogP contribution in [0.4, 0.5) is 0 Å². The normalized spacial score (nSPS) is 22.7. The van der Waals surface area contributed by atoms with Gasteiger partial charge in [0.15, 0.2) is 0 Å². The van der Waals surface area contributed by atoms with Crippen LogP contribution in [0, 0.1) is 11.8 Å². The van der Waals surface area contributed by atoms with Crippen molar-refractivity contribution in [1.82, 2.24) is 4.90 Å². The Hall–Kier alpha value is -2.07. The first-order chi connectivity index (χ1) is 10.1. The number of benzene rings is 2. The van der Waals surface area contributed by atoms with Gasteiger partial charge in [-0.15, -0.1) is 0 Å². The van der Waals surface area contributed by atoms with Crippen molar-refractivity contribution in [3.8, 4) is 5.75 Å². The number of hydrogen-bond acceptors (Lipinski definition) is 3. The van der Waals surface area contributed by atoms with Crippen molar-refractivity contribution in [3.05, 3.63) is 42.0 Å². The summed E-state index contributed by atoms with van der Waals surface area (Å²) in [6.07, 6.45) is 0. The molecule has 1 saturated heterocycles. The van der Waals surface area contributed by atoms with E-state index in [4.69, 9.17) is 0 Å². The lowest BCUT2D eigenvalue weighted by molar-refractivity contribution is -0.142. The van der Waals surface area contributed by atoms with Gasteiger partial charge in [-0.25, -0.2) is 0 Å². The summed E-state index contributed by atoms with van der Waals surface area (Å²) in [7, 11) is 0. The van der Waals surface area contributed by atoms with Crippen LogP contribution in [0.15, 0.2) is 36.4 Å². The van der Waals surface area contributed by atoms with E-state index in [9.17, 15) is 15.0 Å². The van der Waals surface area contributed by atoms with E-state index in [2.05, 4.69) is 4.90 Å². The van der Waals surface area contributed by atoms with Gasteiger partial charge in [0.1, 0.15) is 5.75 Å². The number of aromatic hydroxyl groups is 1. The van der Waals surface area contributed by atoms with Crippen molar-refractivity contribution in [2.45, 2.75) is 13.5 Å². The average Bonchev–Trinajstić information content (AvgIpc) is 2.83. The van der Waals surface area contributed by atoms with E-state index >= 15 is 0 Å². The van der Waals surface area contributed by atoms with Gasteiger partial charge in [0.25, 0.3) is 0 Å². The number of phenolic OH excluding ortho intramolecular Hbond substituents is 1. The highest BCUT2D eigenvalue weighted by molar-refractivity contribution is 5.87. The van der Waals surface area contributed by atoms with Gasteiger partial charge in [0.2, 0.25) is 0 Å². The third-order valence-electron chi connectivity index (χ3n) is 4.40. The number of fused-ring (bicyclic) bond motifs is 1. The molecule has 0 unspecified atom stereocenters. The van der Waals surface area contributed by atoms with Gasteiger partial charge in [-0.05, 0) is 22.8 Å². The molecule has 4 heteroatoms. The molecule has 2 aromatic carbocycles. The number of nitrogens with zero attached hydrogens (tertiary/aromatic N) is 1. The Bertz CT molecular complexity index is 683. The molecule has 110 valence electrons. The molecule has 0 saturated carbocycles. The van der Waals surface area contributed by atoms with Crippen LogP contribution in [0.25, 0.3) is 10.8 Å². The predicted molar refractivity (Wildman–Crippen MR) is 81.2 cm³/mol. The number of carboxylic acid groups (broad SMARTS) is 1. The number of hydrogen-bond donors (Lipinski definition) is 2. The highest BCUT2D eigenvalue weighted by Crippen LogP contribution is 2.31. The van der Waals surface area contributed by atoms with Crippen molar-refractivity contribution in [2.75, 3.05) is 13.1 Å². The van der Waals surface area contributed by atoms with E-state index in [1.165, 1.54) is 0 Å². The van der Waals surface area contributed by atoms with Crippen LogP contribution in [0.1, 0.15) is 12.5 Å². The molecule has 0 aromatic heterocycles. The second kappa shape index (κ2) is 5.37. The molecule has 1 fully saturated rings. The minimum atomic E-state index is -0.729. The topological polar surface area (TPSA) is 60.8 Å². The summed E-state index contributed by atoms with van der Waals surface area (Å²) in [5, 5.41) is 21.5. The van der Waals surface area contributed by atoms with Gasteiger partial charge in [0.05, 0.1) is 5.92 Å². The summed E-state index contributed by atoms with van der Waals surface area (Å²) in [4.78, 5) is 13.3. The summed E-state index contributed by atoms with van der Waals surface area (Å²) in [5.41, 5.74) is 0.881. The second-order valence-electron chi connectivity index (χ2n) is 5.90. The van der Waals surface area contributed by atoms with E-state index < -0.39 is 5.97 Å². The van der Waals surface area contributed by atoms with E-state index in [-0.39, 0.29) is 17.6 Å². The van der Waals surface area contributed by atoms with E-state index in [1.807, 2.05) is 37.3 Å². The summed E-state index contributed by atoms with van der Waals surface area (Å²) < 4.78 is 0. The van der Waals surface area contributed by atoms with E-state index in [1.54, 1.807) is 6.07 Å². The van der Waals surface area contributed by atoms with Gasteiger partial charge in [-0.3, -0.25) is 9.69 Å². The zero-order valence-electron chi connectivity index (χ0n) is 12.0. The lowest BCUT2D eigenvalue weighted by atomic mass is 9.99. The van der Waals surface area contributed by atoms with Crippen LogP contribution in [0.3, 0.4) is 0 Å². The Balaban J connectivity index is 1.89. The van der Waals surface area contributed by atoms with Gasteiger partial charge in [-0.2, -0.15) is 0 Å². The fraction of sp³-hybridized carbons (Fsp3) is 0.353. The highest BCUT2D eigenvalue weighted by atomic mass is 16.4. The molecule has 1 aliphatic rings. The van der Waals surface area contributed by atoms with Crippen LogP contribution in [0.5, 0.6) is 5.75 Å². The van der Waals surface area contributed by atoms with Gasteiger partial charge in [0, 0.05) is 25.2 Å². The summed E-state index contributed by atoms with van der Waals surface area (Å²) in [6, 6.07) is 11.6. The van der Waals surface area contributed by atoms with Gasteiger partial charge < -0.3 is 10.2 Å². The number of rotatable bonds is 3. The summed E-state index contributed by atoms with van der Waals surface area (Å²) in [6.45, 7) is 3.85. The van der Waals surface area contributed by atoms with Crippen molar-refractivity contribution >= 4 is 16.7 Å². The SMILES string of the molecule is C[C@@H]1CN(Cc2c(O)ccc3ccccc23)C[C@H]1C(=O)O. The van der Waals surface area contributed by atoms with Gasteiger partial charge >= 0.3 is 5.97 Å². The molecule has 0 spiro atoms. The quantitative estimate of drug-likeness (QED) is 0.910. The minimum absolute atomic E-state index is 0.139. The maximum Gasteiger partial charge on any atom is 0.308 e. The van der Waals surface area contributed by atoms with Crippen LogP contribution >= 0.6 is 0 Å². The Morgan fingerprint density at radius 1 is 1.24 bits per heavy atom. The minimum Gasteiger partial charge on any atom is -0.508 e. The van der Waals surface area contributed by atoms with Crippen LogP contribution in [-0.4, -0.2) is 34.2 Å². The maximum absolute atomic E-state index is 11.2. The molecule has 1 aliphatic heterocycles. The molecular formula is C17H19NO3. The van der Waals surface area contributed by atoms with E-state index in [0.29, 0.717) is 13.1 Å². The van der Waals surface area contributed by atoms with Crippen LogP contribution in [0.2, 0.25) is 0 Å². The molecule has 0 aliphatic carbocycles. The highest BCUT2D eigenvalue weighted by Gasteiger charge is 2.34. The zero-order chi connectivity index (χ0) is 15.0. The molecule has 3 rings (SSSR count). The average molecular weight is 285 g/mol. The number of carboxylic acids is 1. The Morgan fingerprint density at radius 3 is 2.71 bits per heavy atom. The Morgan fingerprint density at radius 2 is 2.00 bits per heavy atom. The molecule has 2 atom stereocenters. The fourth-order valence-electron chi connectivity index (χ4n) is 3.23. The molecule has 0 radical (unpaired) electrons. The standard InChI is InChI=1S/C17H19NO3/c1-11-8-18(9-14(11)17(20)21)10-15-13-5-3-2-4-12(13)6-7-16(15)19/h2-7,11,14,19H,8-10H2,1H3,(H,20,21)/t11-,14-/m1/s1. The van der Waals surface area contributed by atoms with Crippen molar-refractivity contribution < 1.29 is 15.0 Å². The molecule has 4 nitrogen and oxygen atoms in total. The van der Waals surface area contributed by atoms with Crippen molar-refractivity contribution in [3.63, 3.8) is 0 Å². The molecule has 21 heavy (non-hydrogen) atoms. The summed E-state index contributed by atoms with van der Waals surface area (Å²) in [5.74, 6) is -0.631. The molecule has 2 N–H and O–H groups in total. The first-order valence-electron chi connectivity index (χ1n) is 7.21. The number of aliphatic carboxylic acids is 1. The molecule has 2 aromatic rings. The summed E-state index contributed by atoms with van der Waals surface area (Å²) >= 11 is 0. The maximum atomic E-state index is 11.2. The van der Waals surface area contributed by atoms with Crippen LogP contribution < -0.4 is 0 Å². The number of phenols is 1. The Kier molecular flexibility index (Phi) is 3.55. The smallest absolute Gasteiger partial charge is 0.308 e. The third-order valence-corrected chi connectivity index (χ3v) is 4.40.